The zero-order chi connectivity index (χ0) is 12.5. The molecule has 0 aliphatic rings. The van der Waals surface area contributed by atoms with Crippen LogP contribution in [0, 0.1) is 11.6 Å². The maximum Gasteiger partial charge on any atom is 0.141 e. The van der Waals surface area contributed by atoms with Crippen LogP contribution in [0.2, 0.25) is 0 Å². The zero-order valence-corrected chi connectivity index (χ0v) is 9.32. The Hall–Kier alpha value is -1.81. The fourth-order valence-corrected chi connectivity index (χ4v) is 1.70. The highest BCUT2D eigenvalue weighted by Gasteiger charge is 2.28. The molecule has 0 aliphatic carbocycles. The maximum atomic E-state index is 13.7. The van der Waals surface area contributed by atoms with Crippen LogP contribution in [0.1, 0.15) is 18.2 Å². The first-order valence-corrected chi connectivity index (χ1v) is 5.18. The van der Waals surface area contributed by atoms with Crippen LogP contribution in [0.3, 0.4) is 0 Å². The Morgan fingerprint density at radius 1 is 1.12 bits per heavy atom. The molecule has 0 saturated carbocycles. The summed E-state index contributed by atoms with van der Waals surface area (Å²) < 4.78 is 26.4. The fourth-order valence-electron chi connectivity index (χ4n) is 1.70. The van der Waals surface area contributed by atoms with E-state index in [1.807, 2.05) is 0 Å². The fraction of sp³-hybridized carbons (Fsp3) is 0.154. The van der Waals surface area contributed by atoms with Crippen molar-refractivity contribution in [2.75, 3.05) is 0 Å². The van der Waals surface area contributed by atoms with Crippen molar-refractivity contribution in [3.05, 3.63) is 65.5 Å². The predicted molar refractivity (Wildman–Crippen MR) is 61.2 cm³/mol. The van der Waals surface area contributed by atoms with Crippen LogP contribution in [-0.4, -0.2) is 4.98 Å². The number of aromatic nitrogens is 1. The predicted octanol–water partition coefficient (Wildman–Crippen LogP) is 2.58. The molecule has 2 aromatic rings. The Balaban J connectivity index is 2.49. The van der Waals surface area contributed by atoms with Gasteiger partial charge in [0.15, 0.2) is 0 Å². The lowest BCUT2D eigenvalue weighted by molar-refractivity contribution is 0.516. The SMILES string of the molecule is CC(N)(c1ccc(F)cn1)c1ccccc1F. The highest BCUT2D eigenvalue weighted by molar-refractivity contribution is 5.34. The molecule has 0 bridgehead atoms. The van der Waals surface area contributed by atoms with Crippen molar-refractivity contribution in [3.8, 4) is 0 Å². The van der Waals surface area contributed by atoms with Gasteiger partial charge in [0.25, 0.3) is 0 Å². The number of rotatable bonds is 2. The second-order valence-electron chi connectivity index (χ2n) is 4.04. The molecular formula is C13H12F2N2. The molecule has 1 heterocycles. The Bertz CT molecular complexity index is 521. The van der Waals surface area contributed by atoms with Crippen LogP contribution < -0.4 is 5.73 Å². The minimum atomic E-state index is -1.08. The van der Waals surface area contributed by atoms with Gasteiger partial charge >= 0.3 is 0 Å². The highest BCUT2D eigenvalue weighted by Crippen LogP contribution is 2.26. The summed E-state index contributed by atoms with van der Waals surface area (Å²) in [6, 6.07) is 8.94. The van der Waals surface area contributed by atoms with E-state index in [0.29, 0.717) is 11.3 Å². The molecule has 4 heteroatoms. The summed E-state index contributed by atoms with van der Waals surface area (Å²) in [4.78, 5) is 3.90. The van der Waals surface area contributed by atoms with Gasteiger partial charge in [-0.05, 0) is 25.1 Å². The first-order chi connectivity index (χ1) is 8.01. The zero-order valence-electron chi connectivity index (χ0n) is 9.32. The monoisotopic (exact) mass is 234 g/mol. The van der Waals surface area contributed by atoms with E-state index in [1.165, 1.54) is 18.2 Å². The highest BCUT2D eigenvalue weighted by atomic mass is 19.1. The summed E-state index contributed by atoms with van der Waals surface area (Å²) in [7, 11) is 0. The van der Waals surface area contributed by atoms with E-state index in [4.69, 9.17) is 5.73 Å². The number of benzene rings is 1. The number of pyridine rings is 1. The number of nitrogens with two attached hydrogens (primary N) is 1. The number of hydrogen-bond acceptors (Lipinski definition) is 2. The number of halogens is 2. The van der Waals surface area contributed by atoms with E-state index in [9.17, 15) is 8.78 Å². The molecule has 17 heavy (non-hydrogen) atoms. The van der Waals surface area contributed by atoms with Crippen LogP contribution in [0.15, 0.2) is 42.6 Å². The van der Waals surface area contributed by atoms with Gasteiger partial charge in [0, 0.05) is 5.56 Å². The van der Waals surface area contributed by atoms with E-state index in [0.717, 1.165) is 6.20 Å². The van der Waals surface area contributed by atoms with Crippen molar-refractivity contribution in [3.63, 3.8) is 0 Å². The van der Waals surface area contributed by atoms with Crippen molar-refractivity contribution < 1.29 is 8.78 Å². The van der Waals surface area contributed by atoms with Gasteiger partial charge in [-0.3, -0.25) is 4.98 Å². The average molecular weight is 234 g/mol. The molecule has 2 N–H and O–H groups in total. The summed E-state index contributed by atoms with van der Waals surface area (Å²) in [5.41, 5.74) is 5.75. The second kappa shape index (κ2) is 4.22. The molecule has 2 rings (SSSR count). The van der Waals surface area contributed by atoms with Gasteiger partial charge in [-0.2, -0.15) is 0 Å². The van der Waals surface area contributed by atoms with E-state index >= 15 is 0 Å². The van der Waals surface area contributed by atoms with Gasteiger partial charge in [0.2, 0.25) is 0 Å². The second-order valence-corrected chi connectivity index (χ2v) is 4.04. The lowest BCUT2D eigenvalue weighted by Gasteiger charge is -2.25. The molecule has 0 aliphatic heterocycles. The maximum absolute atomic E-state index is 13.7. The van der Waals surface area contributed by atoms with Crippen LogP contribution in [0.5, 0.6) is 0 Å². The van der Waals surface area contributed by atoms with E-state index in [1.54, 1.807) is 25.1 Å². The Labute approximate surface area is 98.1 Å². The Morgan fingerprint density at radius 3 is 2.41 bits per heavy atom. The number of hydrogen-bond donors (Lipinski definition) is 1. The third kappa shape index (κ3) is 2.17. The van der Waals surface area contributed by atoms with Crippen molar-refractivity contribution in [1.82, 2.24) is 4.98 Å². The minimum Gasteiger partial charge on any atom is -0.317 e. The molecule has 88 valence electrons. The van der Waals surface area contributed by atoms with E-state index < -0.39 is 17.2 Å². The molecule has 0 amide bonds. The lowest BCUT2D eigenvalue weighted by atomic mass is 9.89. The Morgan fingerprint density at radius 2 is 1.82 bits per heavy atom. The third-order valence-corrected chi connectivity index (χ3v) is 2.69. The van der Waals surface area contributed by atoms with Gasteiger partial charge in [0.05, 0.1) is 17.4 Å². The summed E-state index contributed by atoms with van der Waals surface area (Å²) in [6.07, 6.45) is 1.07. The average Bonchev–Trinajstić information content (AvgIpc) is 2.30. The van der Waals surface area contributed by atoms with Crippen molar-refractivity contribution in [2.45, 2.75) is 12.5 Å². The minimum absolute atomic E-state index is 0.333. The molecule has 1 aromatic carbocycles. The third-order valence-electron chi connectivity index (χ3n) is 2.69. The van der Waals surface area contributed by atoms with Gasteiger partial charge < -0.3 is 5.73 Å². The van der Waals surface area contributed by atoms with Crippen LogP contribution in [0.25, 0.3) is 0 Å². The number of nitrogens with zero attached hydrogens (tertiary/aromatic N) is 1. The van der Waals surface area contributed by atoms with Crippen LogP contribution in [-0.2, 0) is 5.54 Å². The van der Waals surface area contributed by atoms with E-state index in [2.05, 4.69) is 4.98 Å². The molecule has 1 unspecified atom stereocenters. The summed E-state index contributed by atoms with van der Waals surface area (Å²) in [5.74, 6) is -0.846. The van der Waals surface area contributed by atoms with E-state index in [-0.39, 0.29) is 0 Å². The van der Waals surface area contributed by atoms with Gasteiger partial charge in [-0.1, -0.05) is 18.2 Å². The first-order valence-electron chi connectivity index (χ1n) is 5.18. The molecule has 2 nitrogen and oxygen atoms in total. The Kier molecular flexibility index (Phi) is 2.90. The largest absolute Gasteiger partial charge is 0.317 e. The van der Waals surface area contributed by atoms with Gasteiger partial charge in [-0.15, -0.1) is 0 Å². The standard InChI is InChI=1S/C13H12F2N2/c1-13(16,10-4-2-3-5-11(10)15)12-7-6-9(14)8-17-12/h2-8H,16H2,1H3. The molecule has 0 radical (unpaired) electrons. The molecule has 1 aromatic heterocycles. The van der Waals surface area contributed by atoms with Gasteiger partial charge in [-0.25, -0.2) is 8.78 Å². The molecule has 1 atom stereocenters. The summed E-state index contributed by atoms with van der Waals surface area (Å²) in [5, 5.41) is 0. The van der Waals surface area contributed by atoms with Crippen molar-refractivity contribution in [1.29, 1.82) is 0 Å². The summed E-state index contributed by atoms with van der Waals surface area (Å²) >= 11 is 0. The van der Waals surface area contributed by atoms with Gasteiger partial charge in [0.1, 0.15) is 11.6 Å². The quantitative estimate of drug-likeness (QED) is 0.867. The molecule has 0 fully saturated rings. The molecule has 0 spiro atoms. The first kappa shape index (κ1) is 11.7. The smallest absolute Gasteiger partial charge is 0.141 e. The van der Waals surface area contributed by atoms with Crippen LogP contribution >= 0.6 is 0 Å². The van der Waals surface area contributed by atoms with Crippen LogP contribution in [0.4, 0.5) is 8.78 Å². The van der Waals surface area contributed by atoms with Crippen molar-refractivity contribution >= 4 is 0 Å². The molecule has 0 saturated heterocycles. The normalized spacial score (nSPS) is 14.4. The lowest BCUT2D eigenvalue weighted by Crippen LogP contribution is -2.36. The molecular weight excluding hydrogens is 222 g/mol. The topological polar surface area (TPSA) is 38.9 Å². The van der Waals surface area contributed by atoms with Crippen molar-refractivity contribution in [2.24, 2.45) is 5.73 Å². The summed E-state index contributed by atoms with van der Waals surface area (Å²) in [6.45, 7) is 1.64.